The quantitative estimate of drug-likeness (QED) is 0.141. The van der Waals surface area contributed by atoms with Gasteiger partial charge in [-0.2, -0.15) is 107 Å². The fraction of sp³-hybridized carbons (Fsp3) is 0.293. The fourth-order valence-electron chi connectivity index (χ4n) is 4.29. The monoisotopic (exact) mass is 700 g/mol. The van der Waals surface area contributed by atoms with Gasteiger partial charge in [0, 0.05) is 0 Å². The van der Waals surface area contributed by atoms with Crippen LogP contribution in [0.2, 0.25) is 0 Å². The molecule has 3 heteroatoms. The molecule has 0 amide bonds. The minimum atomic E-state index is 0. The first-order valence-corrected chi connectivity index (χ1v) is 16.3. The average Bonchev–Trinajstić information content (AvgIpc) is 3.66. The van der Waals surface area contributed by atoms with Gasteiger partial charge >= 0.3 is 28.4 Å². The third kappa shape index (κ3) is 14.2. The number of hydrogen-bond acceptors (Lipinski definition) is 0. The van der Waals surface area contributed by atoms with Crippen LogP contribution in [0.4, 0.5) is 0 Å². The number of hydrogen-bond donors (Lipinski definition) is 0. The summed E-state index contributed by atoms with van der Waals surface area (Å²) in [7, 11) is 0. The van der Waals surface area contributed by atoms with Crippen LogP contribution in [0.25, 0.3) is 11.1 Å². The first-order valence-electron chi connectivity index (χ1n) is 14.6. The molecule has 0 N–H and O–H groups in total. The molecule has 44 heavy (non-hydrogen) atoms. The van der Waals surface area contributed by atoms with Crippen molar-refractivity contribution in [3.63, 3.8) is 0 Å². The SMILES string of the molecule is CC(C)(C)c1c[c-]c2c(c1)-c1cc(C(C)(C)C)ccc1C2.Cc1c[c-]ccc1.Cc1c[c-]ccc1.Cl.Cl.[C-]1=CC=CC1.[CH2]=[Zr]. The van der Waals surface area contributed by atoms with Crippen molar-refractivity contribution in [3.05, 3.63) is 155 Å². The Hall–Kier alpha value is -2.31. The van der Waals surface area contributed by atoms with Gasteiger partial charge in [-0.25, -0.2) is 12.2 Å². The molecule has 4 aromatic rings. The topological polar surface area (TPSA) is 0 Å². The third-order valence-corrected chi connectivity index (χ3v) is 6.84. The molecule has 2 aliphatic carbocycles. The summed E-state index contributed by atoms with van der Waals surface area (Å²) >= 11 is 1.30. The maximum atomic E-state index is 3.53. The van der Waals surface area contributed by atoms with Crippen LogP contribution in [-0.2, 0) is 41.5 Å². The van der Waals surface area contributed by atoms with Crippen LogP contribution < -0.4 is 0 Å². The van der Waals surface area contributed by atoms with E-state index in [2.05, 4.69) is 132 Å². The van der Waals surface area contributed by atoms with E-state index in [1.165, 1.54) is 68.7 Å². The van der Waals surface area contributed by atoms with Crippen molar-refractivity contribution < 1.29 is 24.2 Å². The van der Waals surface area contributed by atoms with Crippen LogP contribution in [0.15, 0.2) is 97.1 Å². The Balaban J connectivity index is 0.000000658. The molecule has 0 heterocycles. The van der Waals surface area contributed by atoms with E-state index >= 15 is 0 Å². The molecule has 2 aliphatic rings. The van der Waals surface area contributed by atoms with Gasteiger partial charge in [-0.05, 0) is 17.4 Å². The molecule has 6 rings (SSSR count). The zero-order valence-electron chi connectivity index (χ0n) is 27.7. The van der Waals surface area contributed by atoms with Gasteiger partial charge in [0.2, 0.25) is 0 Å². The summed E-state index contributed by atoms with van der Waals surface area (Å²) in [6.45, 7) is 17.7. The zero-order chi connectivity index (χ0) is 31.2. The molecule has 234 valence electrons. The van der Waals surface area contributed by atoms with Gasteiger partial charge in [0.15, 0.2) is 0 Å². The number of fused-ring (bicyclic) bond motifs is 3. The number of aryl methyl sites for hydroxylation is 2. The molecule has 0 bridgehead atoms. The number of halogens is 2. The zero-order valence-corrected chi connectivity index (χ0v) is 31.8. The Morgan fingerprint density at radius 3 is 1.61 bits per heavy atom. The third-order valence-electron chi connectivity index (χ3n) is 6.84. The van der Waals surface area contributed by atoms with Crippen LogP contribution in [0, 0.1) is 38.1 Å². The Morgan fingerprint density at radius 1 is 0.705 bits per heavy atom. The second-order valence-corrected chi connectivity index (χ2v) is 12.5. The Labute approximate surface area is 296 Å². The molecule has 0 spiro atoms. The van der Waals surface area contributed by atoms with Crippen molar-refractivity contribution in [3.8, 4) is 11.1 Å². The van der Waals surface area contributed by atoms with E-state index < -0.39 is 0 Å². The number of benzene rings is 4. The molecule has 0 unspecified atom stereocenters. The summed E-state index contributed by atoms with van der Waals surface area (Å²) in [5.74, 6) is 0. The summed E-state index contributed by atoms with van der Waals surface area (Å²) in [4.78, 5) is 0. The van der Waals surface area contributed by atoms with Gasteiger partial charge in [-0.1, -0.05) is 90.1 Å². The first-order chi connectivity index (χ1) is 19.9. The van der Waals surface area contributed by atoms with E-state index in [4.69, 9.17) is 0 Å². The summed E-state index contributed by atoms with van der Waals surface area (Å²) in [5.41, 5.74) is 11.3. The van der Waals surface area contributed by atoms with Gasteiger partial charge in [-0.3, -0.25) is 6.08 Å². The molecule has 0 fully saturated rings. The molecular formula is C41H48Cl2Zr-4. The van der Waals surface area contributed by atoms with Crippen LogP contribution in [0.3, 0.4) is 0 Å². The molecule has 0 saturated carbocycles. The van der Waals surface area contributed by atoms with Crippen molar-refractivity contribution in [1.29, 1.82) is 0 Å². The van der Waals surface area contributed by atoms with E-state index in [0.29, 0.717) is 0 Å². The summed E-state index contributed by atoms with van der Waals surface area (Å²) < 4.78 is 3.34. The minimum absolute atomic E-state index is 0. The second kappa shape index (κ2) is 20.7. The van der Waals surface area contributed by atoms with Gasteiger partial charge in [-0.15, -0.1) is 36.8 Å². The molecule has 0 aromatic heterocycles. The van der Waals surface area contributed by atoms with E-state index in [9.17, 15) is 0 Å². The number of rotatable bonds is 0. The normalized spacial score (nSPS) is 11.5. The Morgan fingerprint density at radius 2 is 1.25 bits per heavy atom. The average molecular weight is 703 g/mol. The van der Waals surface area contributed by atoms with Crippen molar-refractivity contribution in [2.24, 2.45) is 0 Å². The predicted molar refractivity (Wildman–Crippen MR) is 194 cm³/mol. The van der Waals surface area contributed by atoms with Crippen LogP contribution in [-0.4, -0.2) is 4.21 Å². The van der Waals surface area contributed by atoms with E-state index in [1.807, 2.05) is 48.6 Å². The Kier molecular flexibility index (Phi) is 19.6. The standard InChI is InChI=1S/C21H25.2C7H7.C5H5.CH2.2ClH.Zr/c1-20(2,3)16-9-7-14-11-15-8-10-17(21(4,5)6)13-19(15)18(14)12-16;2*1-7-5-3-2-4-6-7;1-2-4-5-3-1;;;;/h7,9-10,12-13H,11H2,1-6H3;2*2-3,5-6H,1H3;1-3H,4H2;1H2;2*1H;/q4*-1;;;;. The molecule has 0 nitrogen and oxygen atoms in total. The van der Waals surface area contributed by atoms with Crippen molar-refractivity contribution >= 4 is 29.0 Å². The van der Waals surface area contributed by atoms with Gasteiger partial charge < -0.3 is 0 Å². The van der Waals surface area contributed by atoms with Crippen LogP contribution in [0.1, 0.15) is 81.3 Å². The summed E-state index contributed by atoms with van der Waals surface area (Å²) in [5, 5.41) is 0. The molecule has 0 atom stereocenters. The van der Waals surface area contributed by atoms with Gasteiger partial charge in [0.05, 0.1) is 0 Å². The molecular weight excluding hydrogens is 655 g/mol. The van der Waals surface area contributed by atoms with E-state index in [-0.39, 0.29) is 35.6 Å². The molecule has 0 radical (unpaired) electrons. The van der Waals surface area contributed by atoms with Crippen LogP contribution >= 0.6 is 24.8 Å². The van der Waals surface area contributed by atoms with E-state index in [0.717, 1.165) is 12.8 Å². The fourth-order valence-corrected chi connectivity index (χ4v) is 4.29. The van der Waals surface area contributed by atoms with Crippen molar-refractivity contribution in [1.82, 2.24) is 0 Å². The van der Waals surface area contributed by atoms with Gasteiger partial charge in [0.1, 0.15) is 0 Å². The molecule has 0 aliphatic heterocycles. The predicted octanol–water partition coefficient (Wildman–Crippen LogP) is 11.4. The van der Waals surface area contributed by atoms with E-state index in [1.54, 1.807) is 0 Å². The van der Waals surface area contributed by atoms with Crippen LogP contribution in [0.5, 0.6) is 0 Å². The molecule has 0 saturated heterocycles. The van der Waals surface area contributed by atoms with Crippen molar-refractivity contribution in [2.75, 3.05) is 0 Å². The van der Waals surface area contributed by atoms with Gasteiger partial charge in [0.25, 0.3) is 0 Å². The number of allylic oxidation sites excluding steroid dienone is 4. The van der Waals surface area contributed by atoms with Crippen molar-refractivity contribution in [2.45, 2.75) is 79.1 Å². The molecule has 4 aromatic carbocycles. The summed E-state index contributed by atoms with van der Waals surface area (Å²) in [6, 6.07) is 36.8. The Bertz CT molecular complexity index is 1310. The second-order valence-electron chi connectivity index (χ2n) is 12.5. The maximum absolute atomic E-state index is 3.53. The first kappa shape index (κ1) is 41.7. The summed E-state index contributed by atoms with van der Waals surface area (Å²) in [6.07, 6.45) is 11.0.